The molecule has 2 aromatic heterocycles. The van der Waals surface area contributed by atoms with Crippen LogP contribution in [0.4, 0.5) is 9.80 Å². The lowest BCUT2D eigenvalue weighted by molar-refractivity contribution is 0.0491. The van der Waals surface area contributed by atoms with Crippen LogP contribution in [0.15, 0.2) is 42.0 Å². The quantitative estimate of drug-likeness (QED) is 0.936. The molecule has 0 unspecified atom stereocenters. The van der Waals surface area contributed by atoms with E-state index in [9.17, 15) is 4.79 Å². The first kappa shape index (κ1) is 12.0. The van der Waals surface area contributed by atoms with E-state index < -0.39 is 0 Å². The topological polar surface area (TPSA) is 54.5 Å². The summed E-state index contributed by atoms with van der Waals surface area (Å²) in [5, 5.41) is 5.64. The number of hydrogen-bond donors (Lipinski definition) is 1. The molecule has 0 aliphatic carbocycles. The fraction of sp³-hybridized carbons (Fsp3) is 0.231. The van der Waals surface area contributed by atoms with Crippen LogP contribution in [0.1, 0.15) is 0 Å². The number of thiophene rings is 1. The molecule has 0 atom stereocenters. The second-order valence-corrected chi connectivity index (χ2v) is 5.19. The Bertz CT molecular complexity index is 538. The predicted molar refractivity (Wildman–Crippen MR) is 73.6 cm³/mol. The molecule has 1 aliphatic rings. The number of pyridine rings is 1. The molecule has 5 nitrogen and oxygen atoms in total. The SMILES string of the molecule is O=C(Nc1cccs1)N1CC(Oc2cccnc2)C1. The van der Waals surface area contributed by atoms with Gasteiger partial charge in [0, 0.05) is 6.20 Å². The molecule has 1 fully saturated rings. The number of likely N-dealkylation sites (tertiary alicyclic amines) is 1. The molecule has 3 rings (SSSR count). The first-order chi connectivity index (χ1) is 9.31. The van der Waals surface area contributed by atoms with Crippen LogP contribution in [-0.2, 0) is 0 Å². The summed E-state index contributed by atoms with van der Waals surface area (Å²) in [4.78, 5) is 17.6. The zero-order chi connectivity index (χ0) is 13.1. The third-order valence-corrected chi connectivity index (χ3v) is 3.61. The lowest BCUT2D eigenvalue weighted by Crippen LogP contribution is -2.57. The maximum atomic E-state index is 11.8. The number of amides is 2. The molecule has 3 heterocycles. The van der Waals surface area contributed by atoms with E-state index in [0.29, 0.717) is 13.1 Å². The number of anilines is 1. The Morgan fingerprint density at radius 2 is 2.32 bits per heavy atom. The van der Waals surface area contributed by atoms with E-state index in [1.165, 1.54) is 11.3 Å². The lowest BCUT2D eigenvalue weighted by atomic mass is 10.2. The van der Waals surface area contributed by atoms with Crippen LogP contribution in [-0.4, -0.2) is 35.1 Å². The van der Waals surface area contributed by atoms with Crippen molar-refractivity contribution >= 4 is 22.4 Å². The predicted octanol–water partition coefficient (Wildman–Crippen LogP) is 2.44. The maximum absolute atomic E-state index is 11.8. The van der Waals surface area contributed by atoms with E-state index in [2.05, 4.69) is 10.3 Å². The van der Waals surface area contributed by atoms with Gasteiger partial charge in [-0.1, -0.05) is 0 Å². The monoisotopic (exact) mass is 275 g/mol. The largest absolute Gasteiger partial charge is 0.485 e. The van der Waals surface area contributed by atoms with Gasteiger partial charge in [-0.25, -0.2) is 4.79 Å². The molecule has 1 aliphatic heterocycles. The number of urea groups is 1. The van der Waals surface area contributed by atoms with Gasteiger partial charge in [0.15, 0.2) is 0 Å². The smallest absolute Gasteiger partial charge is 0.322 e. The highest BCUT2D eigenvalue weighted by atomic mass is 32.1. The number of hydrogen-bond acceptors (Lipinski definition) is 4. The van der Waals surface area contributed by atoms with Crippen molar-refractivity contribution in [3.8, 4) is 5.75 Å². The van der Waals surface area contributed by atoms with Gasteiger partial charge in [0.1, 0.15) is 11.9 Å². The molecule has 2 amide bonds. The van der Waals surface area contributed by atoms with Crippen molar-refractivity contribution in [2.45, 2.75) is 6.10 Å². The van der Waals surface area contributed by atoms with Crippen molar-refractivity contribution in [3.05, 3.63) is 42.0 Å². The van der Waals surface area contributed by atoms with E-state index in [0.717, 1.165) is 10.8 Å². The summed E-state index contributed by atoms with van der Waals surface area (Å²) < 4.78 is 5.68. The minimum Gasteiger partial charge on any atom is -0.485 e. The van der Waals surface area contributed by atoms with E-state index in [1.54, 1.807) is 17.3 Å². The summed E-state index contributed by atoms with van der Waals surface area (Å²) >= 11 is 1.51. The molecular weight excluding hydrogens is 262 g/mol. The maximum Gasteiger partial charge on any atom is 0.322 e. The van der Waals surface area contributed by atoms with Gasteiger partial charge in [-0.05, 0) is 29.6 Å². The average Bonchev–Trinajstić information content (AvgIpc) is 2.87. The molecule has 2 aromatic rings. The highest BCUT2D eigenvalue weighted by molar-refractivity contribution is 7.14. The Morgan fingerprint density at radius 1 is 1.42 bits per heavy atom. The Morgan fingerprint density at radius 3 is 3.00 bits per heavy atom. The Hall–Kier alpha value is -2.08. The van der Waals surface area contributed by atoms with Crippen LogP contribution in [0.25, 0.3) is 0 Å². The minimum absolute atomic E-state index is 0.0540. The molecule has 1 saturated heterocycles. The van der Waals surface area contributed by atoms with Crippen LogP contribution in [0, 0.1) is 0 Å². The molecule has 0 saturated carbocycles. The molecule has 19 heavy (non-hydrogen) atoms. The standard InChI is InChI=1S/C13H13N3O2S/c17-13(15-12-4-2-6-19-12)16-8-11(9-16)18-10-3-1-5-14-7-10/h1-7,11H,8-9H2,(H,15,17). The Kier molecular flexibility index (Phi) is 3.33. The molecular formula is C13H13N3O2S. The van der Waals surface area contributed by atoms with E-state index in [4.69, 9.17) is 4.74 Å². The summed E-state index contributed by atoms with van der Waals surface area (Å²) in [6.07, 6.45) is 3.43. The first-order valence-corrected chi connectivity index (χ1v) is 6.85. The van der Waals surface area contributed by atoms with Crippen molar-refractivity contribution < 1.29 is 9.53 Å². The van der Waals surface area contributed by atoms with Crippen LogP contribution < -0.4 is 10.1 Å². The number of aromatic nitrogens is 1. The highest BCUT2D eigenvalue weighted by Crippen LogP contribution is 2.20. The van der Waals surface area contributed by atoms with Gasteiger partial charge in [0.2, 0.25) is 0 Å². The number of nitrogens with one attached hydrogen (secondary N) is 1. The van der Waals surface area contributed by atoms with Crippen molar-refractivity contribution in [1.82, 2.24) is 9.88 Å². The van der Waals surface area contributed by atoms with Crippen LogP contribution in [0.3, 0.4) is 0 Å². The third-order valence-electron chi connectivity index (χ3n) is 2.82. The number of carbonyl (C=O) groups is 1. The molecule has 98 valence electrons. The summed E-state index contributed by atoms with van der Waals surface area (Å²) in [5.41, 5.74) is 0. The van der Waals surface area contributed by atoms with Gasteiger partial charge in [-0.3, -0.25) is 10.3 Å². The van der Waals surface area contributed by atoms with Gasteiger partial charge < -0.3 is 9.64 Å². The number of ether oxygens (including phenoxy) is 1. The van der Waals surface area contributed by atoms with Crippen molar-refractivity contribution in [3.63, 3.8) is 0 Å². The van der Waals surface area contributed by atoms with Crippen molar-refractivity contribution in [1.29, 1.82) is 0 Å². The summed E-state index contributed by atoms with van der Waals surface area (Å²) in [6.45, 7) is 1.21. The van der Waals surface area contributed by atoms with Gasteiger partial charge in [0.05, 0.1) is 24.3 Å². The van der Waals surface area contributed by atoms with Crippen LogP contribution >= 0.6 is 11.3 Å². The van der Waals surface area contributed by atoms with Crippen LogP contribution in [0.5, 0.6) is 5.75 Å². The summed E-state index contributed by atoms with van der Waals surface area (Å²) in [6, 6.07) is 7.40. The lowest BCUT2D eigenvalue weighted by Gasteiger charge is -2.38. The number of nitrogens with zero attached hydrogens (tertiary/aromatic N) is 2. The molecule has 0 aromatic carbocycles. The van der Waals surface area contributed by atoms with Gasteiger partial charge in [0.25, 0.3) is 0 Å². The second-order valence-electron chi connectivity index (χ2n) is 4.24. The molecule has 0 spiro atoms. The summed E-state index contributed by atoms with van der Waals surface area (Å²) in [5.74, 6) is 0.741. The van der Waals surface area contributed by atoms with E-state index in [-0.39, 0.29) is 12.1 Å². The Labute approximate surface area is 114 Å². The number of carbonyl (C=O) groups excluding carboxylic acids is 1. The second kappa shape index (κ2) is 5.27. The fourth-order valence-electron chi connectivity index (χ4n) is 1.82. The van der Waals surface area contributed by atoms with E-state index in [1.807, 2.05) is 29.6 Å². The van der Waals surface area contributed by atoms with Gasteiger partial charge in [-0.15, -0.1) is 11.3 Å². The highest BCUT2D eigenvalue weighted by Gasteiger charge is 2.32. The third kappa shape index (κ3) is 2.85. The molecule has 6 heteroatoms. The summed E-state index contributed by atoms with van der Waals surface area (Å²) in [7, 11) is 0. The first-order valence-electron chi connectivity index (χ1n) is 5.97. The van der Waals surface area contributed by atoms with Crippen molar-refractivity contribution in [2.75, 3.05) is 18.4 Å². The minimum atomic E-state index is -0.0755. The zero-order valence-corrected chi connectivity index (χ0v) is 11.0. The zero-order valence-electron chi connectivity index (χ0n) is 10.2. The van der Waals surface area contributed by atoms with Gasteiger partial charge in [-0.2, -0.15) is 0 Å². The Balaban J connectivity index is 1.46. The molecule has 0 radical (unpaired) electrons. The molecule has 0 bridgehead atoms. The average molecular weight is 275 g/mol. The molecule has 1 N–H and O–H groups in total. The fourth-order valence-corrected chi connectivity index (χ4v) is 2.43. The van der Waals surface area contributed by atoms with Crippen molar-refractivity contribution in [2.24, 2.45) is 0 Å². The normalized spacial score (nSPS) is 14.8. The van der Waals surface area contributed by atoms with Crippen LogP contribution in [0.2, 0.25) is 0 Å². The van der Waals surface area contributed by atoms with Gasteiger partial charge >= 0.3 is 6.03 Å². The van der Waals surface area contributed by atoms with E-state index >= 15 is 0 Å². The number of rotatable bonds is 3.